The summed E-state index contributed by atoms with van der Waals surface area (Å²) in [5, 5.41) is 3.22. The summed E-state index contributed by atoms with van der Waals surface area (Å²) in [6, 6.07) is 11.3. The topological polar surface area (TPSA) is 71.0 Å². The zero-order valence-corrected chi connectivity index (χ0v) is 14.7. The van der Waals surface area contributed by atoms with Gasteiger partial charge in [0.05, 0.1) is 0 Å². The van der Waals surface area contributed by atoms with Crippen molar-refractivity contribution in [2.75, 3.05) is 18.9 Å². The van der Waals surface area contributed by atoms with Gasteiger partial charge in [0.25, 0.3) is 5.91 Å². The molecule has 6 heteroatoms. The first-order valence-electron chi connectivity index (χ1n) is 8.45. The molecule has 0 fully saturated rings. The van der Waals surface area contributed by atoms with Crippen LogP contribution >= 0.6 is 0 Å². The van der Waals surface area contributed by atoms with E-state index in [1.165, 1.54) is 0 Å². The number of anilines is 1. The molecule has 132 valence electrons. The fourth-order valence-electron chi connectivity index (χ4n) is 2.52. The second kappa shape index (κ2) is 8.71. The lowest BCUT2D eigenvalue weighted by atomic mass is 10.2. The monoisotopic (exact) mass is 347 g/mol. The van der Waals surface area contributed by atoms with Gasteiger partial charge in [-0.05, 0) is 47.9 Å². The van der Waals surface area contributed by atoms with E-state index < -0.39 is 0 Å². The maximum absolute atomic E-state index is 12.6. The fraction of sp³-hybridized carbons (Fsp3) is 0.200. The highest BCUT2D eigenvalue weighted by Crippen LogP contribution is 2.11. The van der Waals surface area contributed by atoms with Gasteiger partial charge in [-0.3, -0.25) is 14.8 Å². The van der Waals surface area contributed by atoms with Gasteiger partial charge in [0.2, 0.25) is 0 Å². The van der Waals surface area contributed by atoms with Gasteiger partial charge >= 0.3 is 0 Å². The molecule has 6 nitrogen and oxygen atoms in total. The highest BCUT2D eigenvalue weighted by Gasteiger charge is 2.12. The van der Waals surface area contributed by atoms with Crippen LogP contribution in [0.15, 0.2) is 67.4 Å². The number of hydrogen-bond acceptors (Lipinski definition) is 5. The van der Waals surface area contributed by atoms with Crippen molar-refractivity contribution in [3.63, 3.8) is 0 Å². The number of nitrogens with one attached hydrogen (secondary N) is 1. The molecule has 0 radical (unpaired) electrons. The highest BCUT2D eigenvalue weighted by molar-refractivity contribution is 5.94. The molecule has 3 rings (SSSR count). The molecule has 0 saturated heterocycles. The molecule has 0 aromatic carbocycles. The minimum Gasteiger partial charge on any atom is -0.366 e. The Morgan fingerprint density at radius 3 is 2.65 bits per heavy atom. The van der Waals surface area contributed by atoms with Crippen molar-refractivity contribution in [2.45, 2.75) is 13.0 Å². The molecular weight excluding hydrogens is 326 g/mol. The first-order chi connectivity index (χ1) is 12.7. The summed E-state index contributed by atoms with van der Waals surface area (Å²) in [5.74, 6) is 0.646. The number of rotatable bonds is 7. The third kappa shape index (κ3) is 4.86. The lowest BCUT2D eigenvalue weighted by Gasteiger charge is -2.17. The van der Waals surface area contributed by atoms with E-state index in [4.69, 9.17) is 0 Å². The smallest absolute Gasteiger partial charge is 0.253 e. The lowest BCUT2D eigenvalue weighted by Crippen LogP contribution is -2.29. The van der Waals surface area contributed by atoms with Crippen LogP contribution in [0.5, 0.6) is 0 Å². The number of likely N-dealkylation sites (N-methyl/N-ethyl adjacent to an activating group) is 1. The molecule has 0 aliphatic rings. The van der Waals surface area contributed by atoms with E-state index in [-0.39, 0.29) is 5.91 Å². The zero-order chi connectivity index (χ0) is 18.2. The van der Waals surface area contributed by atoms with Crippen molar-refractivity contribution in [1.29, 1.82) is 0 Å². The van der Waals surface area contributed by atoms with E-state index in [2.05, 4.69) is 20.3 Å². The van der Waals surface area contributed by atoms with Gasteiger partial charge in [0.15, 0.2) is 0 Å². The van der Waals surface area contributed by atoms with E-state index in [0.717, 1.165) is 17.5 Å². The molecule has 3 aromatic rings. The van der Waals surface area contributed by atoms with Crippen LogP contribution in [0.25, 0.3) is 0 Å². The highest BCUT2D eigenvalue weighted by atomic mass is 16.2. The molecule has 0 spiro atoms. The van der Waals surface area contributed by atoms with Crippen molar-refractivity contribution in [3.8, 4) is 0 Å². The molecule has 0 saturated carbocycles. The van der Waals surface area contributed by atoms with Crippen molar-refractivity contribution >= 4 is 11.7 Å². The summed E-state index contributed by atoms with van der Waals surface area (Å²) < 4.78 is 0. The van der Waals surface area contributed by atoms with Crippen molar-refractivity contribution < 1.29 is 4.79 Å². The van der Waals surface area contributed by atoms with Crippen LogP contribution in [-0.2, 0) is 13.0 Å². The minimum atomic E-state index is -0.0223. The van der Waals surface area contributed by atoms with Crippen molar-refractivity contribution in [1.82, 2.24) is 19.9 Å². The summed E-state index contributed by atoms with van der Waals surface area (Å²) in [4.78, 5) is 26.7. The van der Waals surface area contributed by atoms with Crippen LogP contribution < -0.4 is 5.32 Å². The van der Waals surface area contributed by atoms with Gasteiger partial charge in [0, 0.05) is 56.7 Å². The van der Waals surface area contributed by atoms with E-state index >= 15 is 0 Å². The van der Waals surface area contributed by atoms with E-state index in [9.17, 15) is 4.79 Å². The number of nitrogens with zero attached hydrogens (tertiary/aromatic N) is 4. The fourth-order valence-corrected chi connectivity index (χ4v) is 2.52. The number of pyridine rings is 3. The van der Waals surface area contributed by atoms with Crippen LogP contribution in [0.3, 0.4) is 0 Å². The SMILES string of the molecule is CN(CCc1ccncc1)C(=O)c1ccnc(NCc2cccnc2)c1. The van der Waals surface area contributed by atoms with Gasteiger partial charge in [-0.25, -0.2) is 4.98 Å². The standard InChI is InChI=1S/C20H21N5O/c1-25(12-7-16-4-9-21-10-5-16)20(26)18-6-11-23-19(13-18)24-15-17-3-2-8-22-14-17/h2-6,8-11,13-14H,7,12,15H2,1H3,(H,23,24). The molecule has 3 heterocycles. The summed E-state index contributed by atoms with van der Waals surface area (Å²) in [6.45, 7) is 1.25. The summed E-state index contributed by atoms with van der Waals surface area (Å²) in [7, 11) is 1.81. The van der Waals surface area contributed by atoms with Crippen LogP contribution in [0.1, 0.15) is 21.5 Å². The van der Waals surface area contributed by atoms with E-state index in [1.807, 2.05) is 31.3 Å². The zero-order valence-electron chi connectivity index (χ0n) is 14.7. The number of aromatic nitrogens is 3. The molecule has 0 atom stereocenters. The van der Waals surface area contributed by atoms with Gasteiger partial charge < -0.3 is 10.2 Å². The average molecular weight is 347 g/mol. The molecule has 1 N–H and O–H groups in total. The molecule has 3 aromatic heterocycles. The van der Waals surface area contributed by atoms with E-state index in [0.29, 0.717) is 24.5 Å². The van der Waals surface area contributed by atoms with Crippen molar-refractivity contribution in [2.24, 2.45) is 0 Å². The number of amides is 1. The van der Waals surface area contributed by atoms with Gasteiger partial charge in [-0.15, -0.1) is 0 Å². The Morgan fingerprint density at radius 1 is 1.04 bits per heavy atom. The molecule has 0 bridgehead atoms. The predicted octanol–water partition coefficient (Wildman–Crippen LogP) is 2.80. The summed E-state index contributed by atoms with van der Waals surface area (Å²) >= 11 is 0. The minimum absolute atomic E-state index is 0.0223. The first kappa shape index (κ1) is 17.5. The van der Waals surface area contributed by atoms with Gasteiger partial charge in [-0.1, -0.05) is 6.07 Å². The number of hydrogen-bond donors (Lipinski definition) is 1. The second-order valence-corrected chi connectivity index (χ2v) is 5.98. The number of carbonyl (C=O) groups is 1. The Bertz CT molecular complexity index is 839. The Kier molecular flexibility index (Phi) is 5.88. The van der Waals surface area contributed by atoms with E-state index in [1.54, 1.807) is 48.0 Å². The largest absolute Gasteiger partial charge is 0.366 e. The van der Waals surface area contributed by atoms with Crippen LogP contribution in [0.4, 0.5) is 5.82 Å². The van der Waals surface area contributed by atoms with Crippen LogP contribution in [0, 0.1) is 0 Å². The molecule has 1 amide bonds. The van der Waals surface area contributed by atoms with Crippen molar-refractivity contribution in [3.05, 3.63) is 84.1 Å². The summed E-state index contributed by atoms with van der Waals surface area (Å²) in [5.41, 5.74) is 2.83. The Balaban J connectivity index is 1.58. The molecule has 0 aliphatic heterocycles. The molecule has 26 heavy (non-hydrogen) atoms. The second-order valence-electron chi connectivity index (χ2n) is 5.98. The Hall–Kier alpha value is -3.28. The lowest BCUT2D eigenvalue weighted by molar-refractivity contribution is 0.0796. The summed E-state index contributed by atoms with van der Waals surface area (Å²) in [6.07, 6.45) is 9.51. The Labute approximate surface area is 153 Å². The predicted molar refractivity (Wildman–Crippen MR) is 101 cm³/mol. The third-order valence-corrected chi connectivity index (χ3v) is 4.04. The third-order valence-electron chi connectivity index (χ3n) is 4.04. The quantitative estimate of drug-likeness (QED) is 0.712. The normalized spacial score (nSPS) is 10.3. The molecular formula is C20H21N5O. The van der Waals surface area contributed by atoms with Crippen LogP contribution in [0.2, 0.25) is 0 Å². The molecule has 0 unspecified atom stereocenters. The van der Waals surface area contributed by atoms with Gasteiger partial charge in [0.1, 0.15) is 5.82 Å². The average Bonchev–Trinajstić information content (AvgIpc) is 2.71. The van der Waals surface area contributed by atoms with Gasteiger partial charge in [-0.2, -0.15) is 0 Å². The Morgan fingerprint density at radius 2 is 1.88 bits per heavy atom. The maximum Gasteiger partial charge on any atom is 0.253 e. The maximum atomic E-state index is 12.6. The molecule has 0 aliphatic carbocycles. The number of carbonyl (C=O) groups excluding carboxylic acids is 1. The first-order valence-corrected chi connectivity index (χ1v) is 8.45. The van der Waals surface area contributed by atoms with Crippen LogP contribution in [-0.4, -0.2) is 39.4 Å².